The second kappa shape index (κ2) is 5.76. The van der Waals surface area contributed by atoms with E-state index in [2.05, 4.69) is 29.2 Å². The first kappa shape index (κ1) is 15.4. The van der Waals surface area contributed by atoms with Gasteiger partial charge in [-0.2, -0.15) is 0 Å². The first-order valence-corrected chi connectivity index (χ1v) is 7.65. The maximum Gasteiger partial charge on any atom is 0.316 e. The van der Waals surface area contributed by atoms with Crippen LogP contribution in [-0.4, -0.2) is 19.7 Å². The molecule has 1 aromatic rings. The molecule has 0 atom stereocenters. The van der Waals surface area contributed by atoms with Crippen LogP contribution < -0.4 is 4.74 Å². The van der Waals surface area contributed by atoms with Crippen molar-refractivity contribution in [3.8, 4) is 5.75 Å². The molecule has 0 aliphatic heterocycles. The van der Waals surface area contributed by atoms with Gasteiger partial charge in [0, 0.05) is 0 Å². The van der Waals surface area contributed by atoms with Crippen LogP contribution in [-0.2, 0) is 14.9 Å². The molecular weight excluding hydrogens is 367 g/mol. The SMILES string of the molecule is C=C(C)COc1c(C)cc(C2(C(=O)OC)CC2)cc1I. The summed E-state index contributed by atoms with van der Waals surface area (Å²) in [5.41, 5.74) is 2.64. The summed E-state index contributed by atoms with van der Waals surface area (Å²) in [5.74, 6) is 0.737. The van der Waals surface area contributed by atoms with Crippen molar-refractivity contribution in [2.75, 3.05) is 13.7 Å². The van der Waals surface area contributed by atoms with Gasteiger partial charge in [-0.1, -0.05) is 12.6 Å². The molecule has 0 amide bonds. The number of methoxy groups -OCH3 is 1. The lowest BCUT2D eigenvalue weighted by Gasteiger charge is -2.17. The molecule has 1 aromatic carbocycles. The first-order chi connectivity index (χ1) is 9.40. The van der Waals surface area contributed by atoms with Gasteiger partial charge in [0.05, 0.1) is 16.1 Å². The highest BCUT2D eigenvalue weighted by Crippen LogP contribution is 2.50. The van der Waals surface area contributed by atoms with E-state index >= 15 is 0 Å². The average molecular weight is 386 g/mol. The van der Waals surface area contributed by atoms with Crippen molar-refractivity contribution in [3.63, 3.8) is 0 Å². The lowest BCUT2D eigenvalue weighted by molar-refractivity contribution is -0.143. The van der Waals surface area contributed by atoms with Gasteiger partial charge in [0.25, 0.3) is 0 Å². The second-order valence-electron chi connectivity index (χ2n) is 5.42. The van der Waals surface area contributed by atoms with Crippen molar-refractivity contribution in [1.29, 1.82) is 0 Å². The number of benzene rings is 1. The fraction of sp³-hybridized carbons (Fsp3) is 0.438. The van der Waals surface area contributed by atoms with E-state index in [1.807, 2.05) is 26.0 Å². The van der Waals surface area contributed by atoms with Crippen LogP contribution >= 0.6 is 22.6 Å². The maximum atomic E-state index is 12.0. The van der Waals surface area contributed by atoms with Crippen molar-refractivity contribution in [3.05, 3.63) is 39.0 Å². The van der Waals surface area contributed by atoms with Gasteiger partial charge in [-0.05, 0) is 72.0 Å². The van der Waals surface area contributed by atoms with E-state index in [-0.39, 0.29) is 5.97 Å². The third kappa shape index (κ3) is 2.85. The number of carbonyl (C=O) groups excluding carboxylic acids is 1. The van der Waals surface area contributed by atoms with Crippen LogP contribution in [0.5, 0.6) is 5.75 Å². The van der Waals surface area contributed by atoms with Crippen molar-refractivity contribution in [1.82, 2.24) is 0 Å². The Morgan fingerprint density at radius 2 is 2.10 bits per heavy atom. The molecule has 20 heavy (non-hydrogen) atoms. The molecule has 0 spiro atoms. The number of hydrogen-bond donors (Lipinski definition) is 0. The summed E-state index contributed by atoms with van der Waals surface area (Å²) in [5, 5.41) is 0. The highest BCUT2D eigenvalue weighted by atomic mass is 127. The molecule has 1 fully saturated rings. The molecule has 0 unspecified atom stereocenters. The summed E-state index contributed by atoms with van der Waals surface area (Å²) in [6.07, 6.45) is 1.72. The number of halogens is 1. The summed E-state index contributed by atoms with van der Waals surface area (Å²) in [6, 6.07) is 4.07. The van der Waals surface area contributed by atoms with Crippen LogP contribution in [0.25, 0.3) is 0 Å². The molecule has 108 valence electrons. The summed E-state index contributed by atoms with van der Waals surface area (Å²) in [7, 11) is 1.45. The summed E-state index contributed by atoms with van der Waals surface area (Å²) in [6.45, 7) is 8.30. The molecule has 4 heteroatoms. The lowest BCUT2D eigenvalue weighted by atomic mass is 9.94. The van der Waals surface area contributed by atoms with E-state index in [9.17, 15) is 4.79 Å². The minimum absolute atomic E-state index is 0.136. The molecular formula is C16H19IO3. The molecule has 3 nitrogen and oxygen atoms in total. The van der Waals surface area contributed by atoms with Gasteiger partial charge < -0.3 is 9.47 Å². The molecule has 1 aliphatic rings. The van der Waals surface area contributed by atoms with E-state index in [1.54, 1.807) is 0 Å². The summed E-state index contributed by atoms with van der Waals surface area (Å²) >= 11 is 2.25. The molecule has 1 saturated carbocycles. The van der Waals surface area contributed by atoms with Crippen LogP contribution in [0.3, 0.4) is 0 Å². The quantitative estimate of drug-likeness (QED) is 0.439. The van der Waals surface area contributed by atoms with E-state index in [1.165, 1.54) is 7.11 Å². The molecule has 0 saturated heterocycles. The number of rotatable bonds is 5. The Bertz CT molecular complexity index is 536. The zero-order valence-corrected chi connectivity index (χ0v) is 14.2. The summed E-state index contributed by atoms with van der Waals surface area (Å²) < 4.78 is 11.7. The van der Waals surface area contributed by atoms with Gasteiger partial charge in [0.1, 0.15) is 12.4 Å². The van der Waals surface area contributed by atoms with E-state index in [0.29, 0.717) is 6.61 Å². The molecule has 0 heterocycles. The molecule has 1 aliphatic carbocycles. The van der Waals surface area contributed by atoms with Crippen LogP contribution in [0.4, 0.5) is 0 Å². The molecule has 0 aromatic heterocycles. The summed E-state index contributed by atoms with van der Waals surface area (Å²) in [4.78, 5) is 12.0. The Balaban J connectivity index is 2.31. The number of aryl methyl sites for hydroxylation is 1. The van der Waals surface area contributed by atoms with Gasteiger partial charge in [0.2, 0.25) is 0 Å². The first-order valence-electron chi connectivity index (χ1n) is 6.57. The smallest absolute Gasteiger partial charge is 0.316 e. The highest BCUT2D eigenvalue weighted by Gasteiger charge is 2.52. The Morgan fingerprint density at radius 3 is 2.55 bits per heavy atom. The molecule has 2 rings (SSSR count). The lowest BCUT2D eigenvalue weighted by Crippen LogP contribution is -2.22. The highest BCUT2D eigenvalue weighted by molar-refractivity contribution is 14.1. The minimum Gasteiger partial charge on any atom is -0.488 e. The third-order valence-electron chi connectivity index (χ3n) is 3.57. The van der Waals surface area contributed by atoms with Crippen LogP contribution in [0.15, 0.2) is 24.3 Å². The predicted molar refractivity (Wildman–Crippen MR) is 87.1 cm³/mol. The Morgan fingerprint density at radius 1 is 1.45 bits per heavy atom. The zero-order valence-electron chi connectivity index (χ0n) is 12.1. The van der Waals surface area contributed by atoms with Crippen LogP contribution in [0.2, 0.25) is 0 Å². The van der Waals surface area contributed by atoms with Crippen LogP contribution in [0, 0.1) is 10.5 Å². The zero-order chi connectivity index (χ0) is 14.9. The van der Waals surface area contributed by atoms with Gasteiger partial charge >= 0.3 is 5.97 Å². The van der Waals surface area contributed by atoms with Gasteiger partial charge in [-0.25, -0.2) is 0 Å². The van der Waals surface area contributed by atoms with Crippen molar-refractivity contribution >= 4 is 28.6 Å². The van der Waals surface area contributed by atoms with Gasteiger partial charge in [0.15, 0.2) is 0 Å². The van der Waals surface area contributed by atoms with Gasteiger partial charge in [-0.15, -0.1) is 0 Å². The maximum absolute atomic E-state index is 12.0. The monoisotopic (exact) mass is 386 g/mol. The number of hydrogen-bond acceptors (Lipinski definition) is 3. The van der Waals surface area contributed by atoms with Crippen molar-refractivity contribution in [2.45, 2.75) is 32.1 Å². The molecule has 0 bridgehead atoms. The largest absolute Gasteiger partial charge is 0.488 e. The van der Waals surface area contributed by atoms with E-state index in [0.717, 1.165) is 38.9 Å². The fourth-order valence-electron chi connectivity index (χ4n) is 2.32. The molecule has 0 N–H and O–H groups in total. The predicted octanol–water partition coefficient (Wildman–Crippen LogP) is 3.76. The van der Waals surface area contributed by atoms with E-state index < -0.39 is 5.41 Å². The number of esters is 1. The number of carbonyl (C=O) groups is 1. The van der Waals surface area contributed by atoms with Gasteiger partial charge in [-0.3, -0.25) is 4.79 Å². The normalized spacial score (nSPS) is 15.6. The van der Waals surface area contributed by atoms with Crippen molar-refractivity contribution < 1.29 is 14.3 Å². The second-order valence-corrected chi connectivity index (χ2v) is 6.59. The minimum atomic E-state index is -0.424. The Labute approximate surface area is 133 Å². The van der Waals surface area contributed by atoms with Crippen molar-refractivity contribution in [2.24, 2.45) is 0 Å². The van der Waals surface area contributed by atoms with E-state index in [4.69, 9.17) is 9.47 Å². The molecule has 0 radical (unpaired) electrons. The van der Waals surface area contributed by atoms with Crippen LogP contribution in [0.1, 0.15) is 30.9 Å². The Hall–Kier alpha value is -1.04. The third-order valence-corrected chi connectivity index (χ3v) is 4.37. The fourth-order valence-corrected chi connectivity index (χ4v) is 3.23. The number of ether oxygens (including phenoxy) is 2. The average Bonchev–Trinajstić information content (AvgIpc) is 3.17. The Kier molecular flexibility index (Phi) is 4.42. The topological polar surface area (TPSA) is 35.5 Å². The standard InChI is InChI=1S/C16H19IO3/c1-10(2)9-20-14-11(3)7-12(8-13(14)17)16(5-6-16)15(18)19-4/h7-8H,1,5-6,9H2,2-4H3.